The first-order valence-corrected chi connectivity index (χ1v) is 10.7. The number of hydrogen-bond donors (Lipinski definition) is 1. The van der Waals surface area contributed by atoms with Gasteiger partial charge in [-0.05, 0) is 44.7 Å². The van der Waals surface area contributed by atoms with Crippen molar-refractivity contribution in [2.75, 3.05) is 20.1 Å². The molecule has 1 aliphatic heterocycles. The van der Waals surface area contributed by atoms with Crippen molar-refractivity contribution in [2.45, 2.75) is 50.1 Å². The van der Waals surface area contributed by atoms with Gasteiger partial charge >= 0.3 is 19.1 Å². The minimum Gasteiger partial charge on any atom is -0.497 e. The second-order valence-corrected chi connectivity index (χ2v) is 8.75. The molecule has 2 N–H and O–H groups in total. The van der Waals surface area contributed by atoms with Gasteiger partial charge in [0.25, 0.3) is 0 Å². The molecular weight excluding hydrogens is 371 g/mol. The van der Waals surface area contributed by atoms with E-state index >= 15 is 0 Å². The maximum Gasteiger partial charge on any atom is 0.631 e. The first-order valence-electron chi connectivity index (χ1n) is 9.17. The molecule has 0 amide bonds. The van der Waals surface area contributed by atoms with Crippen LogP contribution in [0.3, 0.4) is 0 Å². The molecule has 10 heteroatoms. The van der Waals surface area contributed by atoms with Crippen LogP contribution in [-0.2, 0) is 28.9 Å². The molecule has 0 aromatic carbocycles. The van der Waals surface area contributed by atoms with Crippen LogP contribution in [0.4, 0.5) is 0 Å². The van der Waals surface area contributed by atoms with Gasteiger partial charge in [0.1, 0.15) is 0 Å². The molecule has 0 aromatic rings. The summed E-state index contributed by atoms with van der Waals surface area (Å²) in [6.07, 6.45) is 9.19. The number of nitrogens with two attached hydrogens (primary N) is 1. The van der Waals surface area contributed by atoms with E-state index in [0.29, 0.717) is 24.8 Å². The molecule has 1 atom stereocenters. The van der Waals surface area contributed by atoms with E-state index in [1.54, 1.807) is 19.2 Å². The maximum atomic E-state index is 12.8. The molecule has 1 heterocycles. The topological polar surface area (TPSA) is 116 Å². The summed E-state index contributed by atoms with van der Waals surface area (Å²) in [7, 11) is -4.40. The van der Waals surface area contributed by atoms with Crippen LogP contribution >= 0.6 is 0 Å². The monoisotopic (exact) mass is 398 g/mol. The minimum atomic E-state index is -4.32. The first-order chi connectivity index (χ1) is 12.7. The van der Waals surface area contributed by atoms with Crippen LogP contribution in [-0.4, -0.2) is 57.2 Å². The summed E-state index contributed by atoms with van der Waals surface area (Å²) in [6, 6.07) is 0. The molecular formula is C17H27BN2O6S. The van der Waals surface area contributed by atoms with Crippen LogP contribution in [0, 0.1) is 0 Å². The number of primary sulfonamides is 1. The second kappa shape index (κ2) is 9.03. The van der Waals surface area contributed by atoms with Crippen LogP contribution in [0.1, 0.15) is 45.4 Å². The van der Waals surface area contributed by atoms with Crippen molar-refractivity contribution in [3.8, 4) is 0 Å². The van der Waals surface area contributed by atoms with E-state index in [1.807, 2.05) is 6.92 Å². The lowest BCUT2D eigenvalue weighted by Crippen LogP contribution is -2.61. The Morgan fingerprint density at radius 1 is 1.26 bits per heavy atom. The number of carbonyl (C=O) groups excluding carboxylic acids is 2. The Kier molecular flexibility index (Phi) is 7.24. The molecule has 27 heavy (non-hydrogen) atoms. The molecule has 150 valence electrons. The van der Waals surface area contributed by atoms with E-state index in [1.165, 1.54) is 11.0 Å². The third kappa shape index (κ3) is 5.00. The molecule has 2 aliphatic rings. The normalized spacial score (nSPS) is 22.5. The van der Waals surface area contributed by atoms with Crippen molar-refractivity contribution in [2.24, 2.45) is 5.14 Å². The van der Waals surface area contributed by atoms with Crippen molar-refractivity contribution in [1.29, 1.82) is 0 Å². The van der Waals surface area contributed by atoms with Gasteiger partial charge in [-0.3, -0.25) is 14.5 Å². The van der Waals surface area contributed by atoms with E-state index in [0.717, 1.165) is 19.3 Å². The Morgan fingerprint density at radius 3 is 2.37 bits per heavy atom. The zero-order chi connectivity index (χ0) is 20.1. The van der Waals surface area contributed by atoms with Gasteiger partial charge in [-0.15, -0.1) is 0 Å². The quantitative estimate of drug-likeness (QED) is 0.523. The Hall–Kier alpha value is -1.65. The molecule has 1 unspecified atom stereocenters. The number of carbonyl (C=O) groups is 2. The molecule has 1 saturated heterocycles. The molecule has 1 fully saturated rings. The maximum absolute atomic E-state index is 12.8. The minimum absolute atomic E-state index is 0.149. The fourth-order valence-corrected chi connectivity index (χ4v) is 4.58. The number of rotatable bonds is 6. The largest absolute Gasteiger partial charge is 0.631 e. The zero-order valence-corrected chi connectivity index (χ0v) is 16.7. The molecule has 8 nitrogen and oxygen atoms in total. The number of unbranched alkanes of at least 4 members (excludes halogenated alkanes) is 1. The predicted molar refractivity (Wildman–Crippen MR) is 102 cm³/mol. The fourth-order valence-electron chi connectivity index (χ4n) is 3.38. The van der Waals surface area contributed by atoms with Crippen LogP contribution in [0.2, 0.25) is 0 Å². The lowest BCUT2D eigenvalue weighted by atomic mass is 9.63. The van der Waals surface area contributed by atoms with Crippen molar-refractivity contribution in [3.63, 3.8) is 0 Å². The summed E-state index contributed by atoms with van der Waals surface area (Å²) < 4.78 is 34.4. The summed E-state index contributed by atoms with van der Waals surface area (Å²) in [5, 5.41) is 5.65. The second-order valence-electron chi connectivity index (χ2n) is 6.99. The van der Waals surface area contributed by atoms with E-state index < -0.39 is 33.7 Å². The number of nitrogens with zero attached hydrogens (tertiary/aromatic N) is 1. The van der Waals surface area contributed by atoms with Gasteiger partial charge in [-0.25, -0.2) is 13.6 Å². The van der Waals surface area contributed by atoms with Crippen molar-refractivity contribution in [1.82, 2.24) is 4.90 Å². The van der Waals surface area contributed by atoms with Crippen molar-refractivity contribution >= 4 is 29.1 Å². The zero-order valence-electron chi connectivity index (χ0n) is 15.8. The average molecular weight is 398 g/mol. The SMILES string of the molecule is CCCC=CC(B1OC(=O)CN(C)CC(=O)O1)(C1=CCCCC1)S(N)(=O)=O. The highest BCUT2D eigenvalue weighted by atomic mass is 32.2. The Bertz CT molecular complexity index is 716. The summed E-state index contributed by atoms with van der Waals surface area (Å²) in [5.41, 5.74) is 0.503. The first kappa shape index (κ1) is 21.7. The molecule has 0 bridgehead atoms. The smallest absolute Gasteiger partial charge is 0.497 e. The standard InChI is InChI=1S/C17H27BN2O6S/c1-3-4-8-11-17(27(19,23)24,14-9-6-5-7-10-14)18-25-15(21)12-20(2)13-16(22)26-18/h8-9,11H,3-7,10,12-13H2,1-2H3,(H2,19,23,24). The molecule has 0 spiro atoms. The van der Waals surface area contributed by atoms with Crippen LogP contribution in [0.15, 0.2) is 23.8 Å². The molecule has 0 aromatic heterocycles. The van der Waals surface area contributed by atoms with Gasteiger partial charge in [-0.1, -0.05) is 31.6 Å². The molecule has 2 rings (SSSR count). The lowest BCUT2D eigenvalue weighted by molar-refractivity contribution is -0.145. The highest BCUT2D eigenvalue weighted by Crippen LogP contribution is 2.37. The van der Waals surface area contributed by atoms with Crippen LogP contribution < -0.4 is 5.14 Å². The lowest BCUT2D eigenvalue weighted by Gasteiger charge is -2.36. The van der Waals surface area contributed by atoms with Gasteiger partial charge in [0.2, 0.25) is 10.0 Å². The number of likely N-dealkylation sites (N-methyl/N-ethyl adjacent to an activating group) is 1. The van der Waals surface area contributed by atoms with Gasteiger partial charge in [-0.2, -0.15) is 0 Å². The van der Waals surface area contributed by atoms with E-state index in [2.05, 4.69) is 0 Å². The number of sulfonamides is 1. The van der Waals surface area contributed by atoms with Crippen LogP contribution in [0.25, 0.3) is 0 Å². The summed E-state index contributed by atoms with van der Waals surface area (Å²) >= 11 is 0. The van der Waals surface area contributed by atoms with Crippen molar-refractivity contribution < 1.29 is 27.3 Å². The molecule has 1 aliphatic carbocycles. The fraction of sp³-hybridized carbons (Fsp3) is 0.647. The summed E-state index contributed by atoms with van der Waals surface area (Å²) in [4.78, 5) is 25.9. The van der Waals surface area contributed by atoms with E-state index in [9.17, 15) is 18.0 Å². The van der Waals surface area contributed by atoms with Gasteiger partial charge in [0.05, 0.1) is 13.1 Å². The van der Waals surface area contributed by atoms with E-state index in [-0.39, 0.29) is 13.1 Å². The summed E-state index contributed by atoms with van der Waals surface area (Å²) in [6.45, 7) is 1.66. The summed E-state index contributed by atoms with van der Waals surface area (Å²) in [5.74, 6) is -1.35. The van der Waals surface area contributed by atoms with Crippen LogP contribution in [0.5, 0.6) is 0 Å². The predicted octanol–water partition coefficient (Wildman–Crippen LogP) is 0.930. The highest BCUT2D eigenvalue weighted by molar-refractivity contribution is 7.92. The number of hydrogen-bond acceptors (Lipinski definition) is 7. The highest BCUT2D eigenvalue weighted by Gasteiger charge is 2.60. The number of allylic oxidation sites excluding steroid dienone is 2. The Morgan fingerprint density at radius 2 is 1.89 bits per heavy atom. The van der Waals surface area contributed by atoms with Crippen molar-refractivity contribution in [3.05, 3.63) is 23.8 Å². The Labute approximate surface area is 160 Å². The third-order valence-corrected chi connectivity index (χ3v) is 6.24. The van der Waals surface area contributed by atoms with Gasteiger partial charge in [0, 0.05) is 0 Å². The average Bonchev–Trinajstić information content (AvgIpc) is 2.56. The van der Waals surface area contributed by atoms with E-state index in [4.69, 9.17) is 14.4 Å². The Balaban J connectivity index is 2.59. The molecule has 0 saturated carbocycles. The van der Waals surface area contributed by atoms with Gasteiger partial charge < -0.3 is 9.31 Å². The molecule has 0 radical (unpaired) electrons. The third-order valence-electron chi connectivity index (χ3n) is 4.71. The van der Waals surface area contributed by atoms with Gasteiger partial charge in [0.15, 0.2) is 4.65 Å².